The SMILES string of the molecule is CC(C)(N)CNC(=O)O.O=[N+]([O-])OC1CCCCC1. The van der Waals surface area contributed by atoms with Crippen molar-refractivity contribution in [1.82, 2.24) is 5.32 Å². The van der Waals surface area contributed by atoms with E-state index in [1.54, 1.807) is 13.8 Å². The van der Waals surface area contributed by atoms with Crippen LogP contribution in [0.25, 0.3) is 0 Å². The van der Waals surface area contributed by atoms with Gasteiger partial charge in [0.1, 0.15) is 6.10 Å². The van der Waals surface area contributed by atoms with Gasteiger partial charge < -0.3 is 21.0 Å². The van der Waals surface area contributed by atoms with E-state index in [1.165, 1.54) is 6.42 Å². The molecule has 1 rings (SSSR count). The summed E-state index contributed by atoms with van der Waals surface area (Å²) >= 11 is 0. The van der Waals surface area contributed by atoms with Gasteiger partial charge in [-0.3, -0.25) is 0 Å². The molecule has 0 spiro atoms. The Morgan fingerprint density at radius 2 is 2.00 bits per heavy atom. The van der Waals surface area contributed by atoms with Gasteiger partial charge in [-0.2, -0.15) is 0 Å². The van der Waals surface area contributed by atoms with Gasteiger partial charge in [0, 0.05) is 12.1 Å². The molecule has 0 saturated heterocycles. The molecule has 0 unspecified atom stereocenters. The topological polar surface area (TPSA) is 128 Å². The Morgan fingerprint density at radius 1 is 1.47 bits per heavy atom. The largest absolute Gasteiger partial charge is 0.465 e. The number of hydrogen-bond donors (Lipinski definition) is 3. The lowest BCUT2D eigenvalue weighted by Gasteiger charge is -2.18. The molecule has 1 amide bonds. The van der Waals surface area contributed by atoms with Gasteiger partial charge in [0.15, 0.2) is 0 Å². The van der Waals surface area contributed by atoms with Crippen molar-refractivity contribution in [2.24, 2.45) is 5.73 Å². The van der Waals surface area contributed by atoms with Crippen molar-refractivity contribution in [1.29, 1.82) is 0 Å². The molecule has 0 aromatic carbocycles. The Balaban J connectivity index is 0.000000344. The third kappa shape index (κ3) is 12.7. The van der Waals surface area contributed by atoms with E-state index in [0.717, 1.165) is 25.7 Å². The normalized spacial score (nSPS) is 15.9. The number of nitrogens with one attached hydrogen (secondary N) is 1. The van der Waals surface area contributed by atoms with Crippen LogP contribution in [0.1, 0.15) is 46.0 Å². The molecule has 0 aromatic heterocycles. The Morgan fingerprint density at radius 3 is 2.32 bits per heavy atom. The van der Waals surface area contributed by atoms with Gasteiger partial charge in [0.05, 0.1) is 0 Å². The van der Waals surface area contributed by atoms with E-state index in [0.29, 0.717) is 0 Å². The third-order valence-corrected chi connectivity index (χ3v) is 2.48. The molecule has 0 atom stereocenters. The van der Waals surface area contributed by atoms with Crippen LogP contribution in [-0.2, 0) is 4.84 Å². The van der Waals surface area contributed by atoms with Crippen LogP contribution in [0.4, 0.5) is 4.79 Å². The summed E-state index contributed by atoms with van der Waals surface area (Å²) in [5, 5.41) is 19.5. The second-order valence-corrected chi connectivity index (χ2v) is 5.24. The van der Waals surface area contributed by atoms with Gasteiger partial charge in [-0.05, 0) is 26.7 Å². The van der Waals surface area contributed by atoms with E-state index < -0.39 is 16.7 Å². The van der Waals surface area contributed by atoms with Crippen molar-refractivity contribution in [3.63, 3.8) is 0 Å². The molecule has 8 heteroatoms. The summed E-state index contributed by atoms with van der Waals surface area (Å²) < 4.78 is 0. The highest BCUT2D eigenvalue weighted by molar-refractivity contribution is 5.64. The second kappa shape index (κ2) is 8.52. The average molecular weight is 277 g/mol. The lowest BCUT2D eigenvalue weighted by atomic mass is 9.98. The molecule has 0 heterocycles. The molecule has 0 aliphatic heterocycles. The monoisotopic (exact) mass is 277 g/mol. The predicted octanol–water partition coefficient (Wildman–Crippen LogP) is 1.52. The molecule has 0 aromatic rings. The summed E-state index contributed by atoms with van der Waals surface area (Å²) in [5.74, 6) is 0. The van der Waals surface area contributed by atoms with E-state index in [1.807, 2.05) is 0 Å². The Bertz CT molecular complexity index is 285. The van der Waals surface area contributed by atoms with Gasteiger partial charge in [0.2, 0.25) is 0 Å². The summed E-state index contributed by atoms with van der Waals surface area (Å²) in [4.78, 5) is 24.1. The summed E-state index contributed by atoms with van der Waals surface area (Å²) in [7, 11) is 0. The first-order valence-electron chi connectivity index (χ1n) is 6.27. The number of rotatable bonds is 4. The quantitative estimate of drug-likeness (QED) is 0.528. The minimum Gasteiger partial charge on any atom is -0.465 e. The first kappa shape index (κ1) is 17.4. The molecule has 1 fully saturated rings. The predicted molar refractivity (Wildman–Crippen MR) is 69.2 cm³/mol. The van der Waals surface area contributed by atoms with E-state index in [2.05, 4.69) is 10.2 Å². The maximum absolute atomic E-state index is 9.88. The maximum Gasteiger partial charge on any atom is 0.404 e. The molecule has 8 nitrogen and oxygen atoms in total. The number of carbonyl (C=O) groups is 1. The number of nitrogens with two attached hydrogens (primary N) is 1. The van der Waals surface area contributed by atoms with E-state index in [9.17, 15) is 14.9 Å². The smallest absolute Gasteiger partial charge is 0.404 e. The first-order valence-corrected chi connectivity index (χ1v) is 6.27. The summed E-state index contributed by atoms with van der Waals surface area (Å²) in [6.45, 7) is 3.79. The average Bonchev–Trinajstić information content (AvgIpc) is 2.27. The zero-order valence-electron chi connectivity index (χ0n) is 11.4. The van der Waals surface area contributed by atoms with Gasteiger partial charge in [-0.1, -0.05) is 19.3 Å². The highest BCUT2D eigenvalue weighted by Crippen LogP contribution is 2.19. The summed E-state index contributed by atoms with van der Waals surface area (Å²) in [6, 6.07) is 0. The van der Waals surface area contributed by atoms with Crippen LogP contribution in [0.15, 0.2) is 0 Å². The number of nitrogens with zero attached hydrogens (tertiary/aromatic N) is 1. The van der Waals surface area contributed by atoms with Crippen molar-refractivity contribution in [2.45, 2.75) is 57.6 Å². The zero-order chi connectivity index (χ0) is 14.9. The fourth-order valence-electron chi connectivity index (χ4n) is 1.60. The molecule has 0 bridgehead atoms. The molecule has 1 aliphatic rings. The van der Waals surface area contributed by atoms with Crippen LogP contribution in [0.2, 0.25) is 0 Å². The molecule has 0 radical (unpaired) electrons. The molecule has 112 valence electrons. The molecule has 1 aliphatic carbocycles. The van der Waals surface area contributed by atoms with Crippen molar-refractivity contribution in [3.05, 3.63) is 10.1 Å². The third-order valence-electron chi connectivity index (χ3n) is 2.48. The minimum atomic E-state index is -1.03. The fourth-order valence-corrected chi connectivity index (χ4v) is 1.60. The van der Waals surface area contributed by atoms with E-state index in [4.69, 9.17) is 10.8 Å². The van der Waals surface area contributed by atoms with Crippen LogP contribution in [0, 0.1) is 10.1 Å². The van der Waals surface area contributed by atoms with E-state index in [-0.39, 0.29) is 12.6 Å². The van der Waals surface area contributed by atoms with Crippen molar-refractivity contribution in [3.8, 4) is 0 Å². The van der Waals surface area contributed by atoms with Crippen LogP contribution >= 0.6 is 0 Å². The molecule has 1 saturated carbocycles. The number of amides is 1. The molecule has 4 N–H and O–H groups in total. The highest BCUT2D eigenvalue weighted by atomic mass is 17.0. The maximum atomic E-state index is 9.88. The van der Waals surface area contributed by atoms with Gasteiger partial charge in [-0.25, -0.2) is 4.79 Å². The standard InChI is InChI=1S/C6H11NO3.C5H12N2O2/c8-7(9)10-6-4-2-1-3-5-6;1-5(2,6)3-7-4(8)9/h6H,1-5H2;7H,3,6H2,1-2H3,(H,8,9). The Hall–Kier alpha value is -1.57. The Labute approximate surface area is 112 Å². The summed E-state index contributed by atoms with van der Waals surface area (Å²) in [5.41, 5.74) is 5.00. The molecule has 19 heavy (non-hydrogen) atoms. The van der Waals surface area contributed by atoms with Crippen molar-refractivity contribution >= 4 is 6.09 Å². The number of hydrogen-bond acceptors (Lipinski definition) is 5. The lowest BCUT2D eigenvalue weighted by molar-refractivity contribution is -0.769. The van der Waals surface area contributed by atoms with E-state index >= 15 is 0 Å². The van der Waals surface area contributed by atoms with Gasteiger partial charge >= 0.3 is 6.09 Å². The first-order chi connectivity index (χ1) is 8.70. The number of carboxylic acid groups (broad SMARTS) is 1. The highest BCUT2D eigenvalue weighted by Gasteiger charge is 2.16. The van der Waals surface area contributed by atoms with Gasteiger partial charge in [-0.15, -0.1) is 10.1 Å². The van der Waals surface area contributed by atoms with Crippen LogP contribution in [0.3, 0.4) is 0 Å². The molecular weight excluding hydrogens is 254 g/mol. The van der Waals surface area contributed by atoms with Crippen LogP contribution in [-0.4, -0.2) is 34.5 Å². The van der Waals surface area contributed by atoms with Crippen LogP contribution < -0.4 is 11.1 Å². The van der Waals surface area contributed by atoms with Crippen molar-refractivity contribution in [2.75, 3.05) is 6.54 Å². The Kier molecular flexibility index (Phi) is 7.81. The van der Waals surface area contributed by atoms with Crippen molar-refractivity contribution < 1.29 is 19.8 Å². The minimum absolute atomic E-state index is 0.122. The van der Waals surface area contributed by atoms with Gasteiger partial charge in [0.25, 0.3) is 5.09 Å². The second-order valence-electron chi connectivity index (χ2n) is 5.24. The molecular formula is C11H23N3O5. The fraction of sp³-hybridized carbons (Fsp3) is 0.909. The summed E-state index contributed by atoms with van der Waals surface area (Å²) in [6.07, 6.45) is 3.87. The zero-order valence-corrected chi connectivity index (χ0v) is 11.4. The lowest BCUT2D eigenvalue weighted by Crippen LogP contribution is -2.44. The van der Waals surface area contributed by atoms with Crippen LogP contribution in [0.5, 0.6) is 0 Å².